The molecule has 0 aliphatic rings. The minimum atomic E-state index is 0. The first-order valence-corrected chi connectivity index (χ1v) is 8.07. The van der Waals surface area contributed by atoms with E-state index in [4.69, 9.17) is 0 Å². The third-order valence-electron chi connectivity index (χ3n) is 2.10. The molecule has 0 aromatic carbocycles. The van der Waals surface area contributed by atoms with Crippen molar-refractivity contribution in [3.8, 4) is 0 Å². The summed E-state index contributed by atoms with van der Waals surface area (Å²) in [5.41, 5.74) is 0. The van der Waals surface area contributed by atoms with Crippen molar-refractivity contribution in [2.45, 2.75) is 52.4 Å². The van der Waals surface area contributed by atoms with Crippen molar-refractivity contribution >= 4 is 58.3 Å². The summed E-state index contributed by atoms with van der Waals surface area (Å²) >= 11 is 18.6. The van der Waals surface area contributed by atoms with Crippen LogP contribution in [0.3, 0.4) is 0 Å². The van der Waals surface area contributed by atoms with E-state index in [-0.39, 0.29) is 27.3 Å². The summed E-state index contributed by atoms with van der Waals surface area (Å²) < 4.78 is 0.984. The molecule has 0 fully saturated rings. The number of thiocarbonyl (C=S) groups is 2. The first-order valence-electron chi connectivity index (χ1n) is 6.44. The van der Waals surface area contributed by atoms with E-state index in [9.17, 15) is 0 Å². The van der Waals surface area contributed by atoms with Crippen LogP contribution in [0.15, 0.2) is 0 Å². The Hall–Kier alpha value is 1.14. The van der Waals surface area contributed by atoms with Crippen LogP contribution in [0, 0.1) is 0 Å². The van der Waals surface area contributed by atoms with Gasteiger partial charge in [-0.2, -0.15) is 0 Å². The molecule has 108 valence electrons. The van der Waals surface area contributed by atoms with Crippen LogP contribution in [0.1, 0.15) is 52.4 Å². The van der Waals surface area contributed by atoms with Gasteiger partial charge >= 0.3 is 27.3 Å². The van der Waals surface area contributed by atoms with Crippen molar-refractivity contribution in [3.05, 3.63) is 0 Å². The van der Waals surface area contributed by atoms with E-state index in [0.29, 0.717) is 8.64 Å². The molecule has 0 radical (unpaired) electrons. The molecule has 7 heteroatoms. The van der Waals surface area contributed by atoms with Gasteiger partial charge in [-0.15, -0.1) is 0 Å². The van der Waals surface area contributed by atoms with Crippen LogP contribution in [-0.4, -0.2) is 21.7 Å². The van der Waals surface area contributed by atoms with Gasteiger partial charge in [0.2, 0.25) is 0 Å². The molecule has 0 heterocycles. The molecule has 2 nitrogen and oxygen atoms in total. The molecule has 0 saturated carbocycles. The molecule has 0 rings (SSSR count). The van der Waals surface area contributed by atoms with E-state index in [2.05, 4.69) is 74.2 Å². The van der Waals surface area contributed by atoms with Gasteiger partial charge in [-0.25, -0.2) is 0 Å². The molecule has 0 aromatic heterocycles. The molecular weight excluding hydrogens is 413 g/mol. The largest absolute Gasteiger partial charge is 2.00 e. The second-order valence-corrected chi connectivity index (χ2v) is 5.99. The zero-order chi connectivity index (χ0) is 14.2. The maximum atomic E-state index is 4.65. The molecule has 0 bridgehead atoms. The zero-order valence-corrected chi connectivity index (χ0v) is 19.3. The molecule has 0 aromatic rings. The summed E-state index contributed by atoms with van der Waals surface area (Å²) in [5, 5.41) is 5.85. The third kappa shape index (κ3) is 32.6. The Bertz CT molecular complexity index is 194. The molecule has 0 aliphatic carbocycles. The standard InChI is InChI=1S/2C6H13NS2.Cd/c2*1-2-3-4-5-7-6(8)9;/h2*2-5H2,1H3,(H2,7,8,9);/q;;+2/p-2. The Labute approximate surface area is 160 Å². The van der Waals surface area contributed by atoms with Gasteiger partial charge in [-0.3, -0.25) is 0 Å². The topological polar surface area (TPSA) is 24.1 Å². The van der Waals surface area contributed by atoms with Gasteiger partial charge in [0, 0.05) is 13.1 Å². The normalized spacial score (nSPS) is 8.53. The van der Waals surface area contributed by atoms with Crippen LogP contribution >= 0.6 is 24.4 Å². The predicted octanol–water partition coefficient (Wildman–Crippen LogP) is 3.19. The average Bonchev–Trinajstić information content (AvgIpc) is 2.31. The van der Waals surface area contributed by atoms with E-state index in [1.165, 1.54) is 38.5 Å². The summed E-state index contributed by atoms with van der Waals surface area (Å²) in [6.07, 6.45) is 7.34. The summed E-state index contributed by atoms with van der Waals surface area (Å²) in [7, 11) is 0. The Morgan fingerprint density at radius 3 is 1.32 bits per heavy atom. The van der Waals surface area contributed by atoms with Gasteiger partial charge < -0.3 is 60.3 Å². The van der Waals surface area contributed by atoms with Gasteiger partial charge in [0.05, 0.1) is 0 Å². The third-order valence-corrected chi connectivity index (χ3v) is 2.68. The summed E-state index contributed by atoms with van der Waals surface area (Å²) in [6.45, 7) is 6.23. The van der Waals surface area contributed by atoms with Gasteiger partial charge in [0.25, 0.3) is 0 Å². The summed E-state index contributed by atoms with van der Waals surface area (Å²) in [6, 6.07) is 0. The fourth-order valence-corrected chi connectivity index (χ4v) is 1.54. The molecule has 0 amide bonds. The fraction of sp³-hybridized carbons (Fsp3) is 0.833. The summed E-state index contributed by atoms with van der Waals surface area (Å²) in [4.78, 5) is 0. The second kappa shape index (κ2) is 21.4. The van der Waals surface area contributed by atoms with E-state index >= 15 is 0 Å². The number of hydrogen-bond acceptors (Lipinski definition) is 4. The van der Waals surface area contributed by atoms with Gasteiger partial charge in [0.1, 0.15) is 0 Å². The molecular formula is C12H24CdN2S4. The molecule has 2 N–H and O–H groups in total. The Kier molecular flexibility index (Phi) is 28.3. The van der Waals surface area contributed by atoms with E-state index in [0.717, 1.165) is 13.1 Å². The quantitative estimate of drug-likeness (QED) is 0.262. The Morgan fingerprint density at radius 1 is 0.789 bits per heavy atom. The second-order valence-electron chi connectivity index (χ2n) is 3.84. The smallest absolute Gasteiger partial charge is 0.412 e. The van der Waals surface area contributed by atoms with Gasteiger partial charge in [-0.05, 0) is 12.8 Å². The van der Waals surface area contributed by atoms with Gasteiger partial charge in [-0.1, -0.05) is 48.2 Å². The van der Waals surface area contributed by atoms with Crippen molar-refractivity contribution in [1.82, 2.24) is 10.6 Å². The fourth-order valence-electron chi connectivity index (χ4n) is 1.13. The van der Waals surface area contributed by atoms with Crippen LogP contribution in [0.5, 0.6) is 0 Å². The minimum absolute atomic E-state index is 0. The monoisotopic (exact) mass is 438 g/mol. The van der Waals surface area contributed by atoms with Gasteiger partial charge in [0.15, 0.2) is 0 Å². The van der Waals surface area contributed by atoms with Crippen LogP contribution in [-0.2, 0) is 52.6 Å². The average molecular weight is 437 g/mol. The number of rotatable bonds is 8. The molecule has 0 saturated heterocycles. The van der Waals surface area contributed by atoms with Crippen LogP contribution in [0.4, 0.5) is 0 Å². The van der Waals surface area contributed by atoms with E-state index in [1.807, 2.05) is 0 Å². The molecule has 0 aliphatic heterocycles. The number of unbranched alkanes of at least 4 members (excludes halogenated alkanes) is 4. The maximum Gasteiger partial charge on any atom is 2.00 e. The number of nitrogens with one attached hydrogen (secondary N) is 2. The summed E-state index contributed by atoms with van der Waals surface area (Å²) in [5.74, 6) is 0. The minimum Gasteiger partial charge on any atom is -0.412 e. The number of hydrogen-bond donors (Lipinski definition) is 2. The van der Waals surface area contributed by atoms with Crippen LogP contribution in [0.25, 0.3) is 0 Å². The van der Waals surface area contributed by atoms with Crippen molar-refractivity contribution in [2.24, 2.45) is 0 Å². The molecule has 19 heavy (non-hydrogen) atoms. The van der Waals surface area contributed by atoms with E-state index in [1.54, 1.807) is 0 Å². The Morgan fingerprint density at radius 2 is 1.11 bits per heavy atom. The predicted molar refractivity (Wildman–Crippen MR) is 95.0 cm³/mol. The van der Waals surface area contributed by atoms with Crippen molar-refractivity contribution in [1.29, 1.82) is 0 Å². The Balaban J connectivity index is -0.000000256. The van der Waals surface area contributed by atoms with Crippen LogP contribution in [0.2, 0.25) is 0 Å². The zero-order valence-electron chi connectivity index (χ0n) is 12.0. The maximum absolute atomic E-state index is 4.65. The van der Waals surface area contributed by atoms with E-state index < -0.39 is 0 Å². The van der Waals surface area contributed by atoms with Crippen LogP contribution < -0.4 is 10.6 Å². The first kappa shape index (κ1) is 25.1. The molecule has 0 spiro atoms. The van der Waals surface area contributed by atoms with Crippen molar-refractivity contribution in [3.63, 3.8) is 0 Å². The molecule has 0 unspecified atom stereocenters. The SMILES string of the molecule is CCCCCNC(=S)[S-].CCCCCNC(=S)[S-].[Cd+2]. The van der Waals surface area contributed by atoms with Crippen molar-refractivity contribution in [2.75, 3.05) is 13.1 Å². The molecule has 0 atom stereocenters. The van der Waals surface area contributed by atoms with Crippen molar-refractivity contribution < 1.29 is 27.3 Å². The first-order chi connectivity index (χ1) is 8.54.